The van der Waals surface area contributed by atoms with Crippen LogP contribution in [0.3, 0.4) is 0 Å². The maximum Gasteiger partial charge on any atom is 0.304 e. The van der Waals surface area contributed by atoms with Crippen LogP contribution in [-0.2, 0) is 4.79 Å². The molecule has 2 atom stereocenters. The van der Waals surface area contributed by atoms with Crippen LogP contribution in [0.15, 0.2) is 78.9 Å². The van der Waals surface area contributed by atoms with Gasteiger partial charge in [-0.1, -0.05) is 18.2 Å². The molecule has 1 fully saturated rings. The Labute approximate surface area is 179 Å². The number of rotatable bonds is 5. The first-order valence-electron chi connectivity index (χ1n) is 9.74. The molecule has 2 amide bonds. The first-order valence-corrected chi connectivity index (χ1v) is 9.74. The number of methoxy groups -OCH3 is 1. The van der Waals surface area contributed by atoms with Crippen LogP contribution < -0.4 is 15.5 Å². The fourth-order valence-electron chi connectivity index (χ4n) is 3.51. The number of amides is 2. The molecule has 0 spiro atoms. The number of nitrogens with one attached hydrogen (secondary N) is 2. The summed E-state index contributed by atoms with van der Waals surface area (Å²) < 4.78 is 20.1. The van der Waals surface area contributed by atoms with Crippen LogP contribution in [0.2, 0.25) is 0 Å². The van der Waals surface area contributed by atoms with E-state index in [0.29, 0.717) is 5.75 Å². The first kappa shape index (κ1) is 20.3. The number of carbonyl (C=O) groups is 2. The van der Waals surface area contributed by atoms with E-state index in [-0.39, 0.29) is 11.5 Å². The summed E-state index contributed by atoms with van der Waals surface area (Å²) >= 11 is 0. The molecule has 4 rings (SSSR count). The van der Waals surface area contributed by atoms with Gasteiger partial charge in [-0.05, 0) is 60.7 Å². The lowest BCUT2D eigenvalue weighted by Gasteiger charge is -2.15. The van der Waals surface area contributed by atoms with Crippen molar-refractivity contribution < 1.29 is 23.4 Å². The van der Waals surface area contributed by atoms with Crippen LogP contribution in [0.5, 0.6) is 5.75 Å². The largest absolute Gasteiger partial charge is 0.497 e. The molecule has 3 aromatic carbocycles. The average molecular weight is 418 g/mol. The highest BCUT2D eigenvalue weighted by molar-refractivity contribution is 5.98. The van der Waals surface area contributed by atoms with Crippen LogP contribution in [0.25, 0.3) is 0 Å². The highest BCUT2D eigenvalue weighted by Gasteiger charge is 2.47. The minimum Gasteiger partial charge on any atom is -0.497 e. The molecule has 0 radical (unpaired) electrons. The second-order valence-corrected chi connectivity index (χ2v) is 7.10. The molecule has 0 aromatic heterocycles. The van der Waals surface area contributed by atoms with Gasteiger partial charge in [0.25, 0.3) is 5.91 Å². The second kappa shape index (κ2) is 8.79. The lowest BCUT2D eigenvalue weighted by molar-refractivity contribution is -0.596. The molecule has 0 bridgehead atoms. The Kier molecular flexibility index (Phi) is 5.75. The fraction of sp³-hybridized carbons (Fsp3) is 0.125. The van der Waals surface area contributed by atoms with E-state index in [1.807, 2.05) is 48.7 Å². The fourth-order valence-corrected chi connectivity index (χ4v) is 3.51. The Morgan fingerprint density at radius 3 is 2.35 bits per heavy atom. The number of hydrogen-bond donors (Lipinski definition) is 2. The first-order chi connectivity index (χ1) is 15.0. The van der Waals surface area contributed by atoms with E-state index >= 15 is 0 Å². The third-order valence-electron chi connectivity index (χ3n) is 5.08. The molecule has 3 aromatic rings. The van der Waals surface area contributed by atoms with E-state index < -0.39 is 23.8 Å². The number of ether oxygens (including phenoxy) is 1. The summed E-state index contributed by atoms with van der Waals surface area (Å²) in [6.45, 7) is 0. The predicted molar refractivity (Wildman–Crippen MR) is 113 cm³/mol. The van der Waals surface area contributed by atoms with Crippen molar-refractivity contribution in [2.24, 2.45) is 0 Å². The third kappa shape index (κ3) is 4.45. The summed E-state index contributed by atoms with van der Waals surface area (Å²) in [5, 5.41) is 2.79. The average Bonchev–Trinajstić information content (AvgIpc) is 3.09. The van der Waals surface area contributed by atoms with Crippen molar-refractivity contribution in [3.63, 3.8) is 0 Å². The van der Waals surface area contributed by atoms with Crippen LogP contribution in [0, 0.1) is 5.82 Å². The molecule has 156 valence electrons. The maximum absolute atomic E-state index is 13.2. The molecule has 2 N–H and O–H groups in total. The number of hydrazine groups is 1. The van der Waals surface area contributed by atoms with Crippen LogP contribution in [0.4, 0.5) is 4.39 Å². The number of carbonyl (C=O) groups excluding carboxylic acids is 2. The van der Waals surface area contributed by atoms with Crippen molar-refractivity contribution in [1.29, 1.82) is 0 Å². The SMILES string of the molecule is COc1ccc([C@H]2[C@@H](NC(=O)c3ccc(F)cc3)C(=O)N/[N+]2=C\c2ccccc2)cc1. The Hall–Kier alpha value is -4.00. The zero-order valence-electron chi connectivity index (χ0n) is 16.8. The van der Waals surface area contributed by atoms with Crippen LogP contribution >= 0.6 is 0 Å². The number of benzene rings is 3. The van der Waals surface area contributed by atoms with Crippen molar-refractivity contribution in [3.05, 3.63) is 101 Å². The van der Waals surface area contributed by atoms with Gasteiger partial charge in [-0.25, -0.2) is 4.39 Å². The normalized spacial score (nSPS) is 19.2. The van der Waals surface area contributed by atoms with Gasteiger partial charge in [0.15, 0.2) is 6.04 Å². The number of halogens is 1. The summed E-state index contributed by atoms with van der Waals surface area (Å²) in [6.07, 6.45) is 1.82. The quantitative estimate of drug-likeness (QED) is 0.626. The van der Waals surface area contributed by atoms with E-state index in [9.17, 15) is 14.0 Å². The molecule has 0 saturated carbocycles. The van der Waals surface area contributed by atoms with Crippen molar-refractivity contribution >= 4 is 18.0 Å². The molecule has 1 aliphatic heterocycles. The predicted octanol–water partition coefficient (Wildman–Crippen LogP) is 2.85. The monoisotopic (exact) mass is 418 g/mol. The zero-order valence-corrected chi connectivity index (χ0v) is 16.8. The van der Waals surface area contributed by atoms with Crippen molar-refractivity contribution in [3.8, 4) is 5.75 Å². The van der Waals surface area contributed by atoms with Crippen LogP contribution in [-0.4, -0.2) is 35.9 Å². The Morgan fingerprint density at radius 1 is 1.03 bits per heavy atom. The van der Waals surface area contributed by atoms with Gasteiger partial charge in [-0.15, -0.1) is 10.1 Å². The maximum atomic E-state index is 13.2. The molecule has 1 aliphatic rings. The Balaban J connectivity index is 1.69. The number of hydrazone groups is 1. The summed E-state index contributed by atoms with van der Waals surface area (Å²) in [4.78, 5) is 25.6. The van der Waals surface area contributed by atoms with Crippen LogP contribution in [0.1, 0.15) is 27.5 Å². The van der Waals surface area contributed by atoms with E-state index in [2.05, 4.69) is 10.7 Å². The number of hydrogen-bond acceptors (Lipinski definition) is 3. The van der Waals surface area contributed by atoms with Gasteiger partial charge in [-0.2, -0.15) is 0 Å². The summed E-state index contributed by atoms with van der Waals surface area (Å²) in [5.41, 5.74) is 4.81. The van der Waals surface area contributed by atoms with Gasteiger partial charge < -0.3 is 10.1 Å². The zero-order chi connectivity index (χ0) is 21.8. The van der Waals surface area contributed by atoms with Gasteiger partial charge >= 0.3 is 5.91 Å². The molecule has 7 heteroatoms. The molecular weight excluding hydrogens is 397 g/mol. The van der Waals surface area contributed by atoms with E-state index in [1.54, 1.807) is 23.9 Å². The van der Waals surface area contributed by atoms with Crippen molar-refractivity contribution in [1.82, 2.24) is 10.7 Å². The number of nitrogens with zero attached hydrogens (tertiary/aromatic N) is 1. The van der Waals surface area contributed by atoms with Gasteiger partial charge in [-0.3, -0.25) is 9.59 Å². The molecular formula is C24H21FN3O3+. The van der Waals surface area contributed by atoms with E-state index in [0.717, 1.165) is 11.1 Å². The lowest BCUT2D eigenvalue weighted by Crippen LogP contribution is -2.42. The molecule has 1 saturated heterocycles. The van der Waals surface area contributed by atoms with E-state index in [4.69, 9.17) is 4.74 Å². The summed E-state index contributed by atoms with van der Waals surface area (Å²) in [7, 11) is 1.58. The van der Waals surface area contributed by atoms with Gasteiger partial charge in [0, 0.05) is 16.7 Å². The molecule has 0 unspecified atom stereocenters. The van der Waals surface area contributed by atoms with Crippen molar-refractivity contribution in [2.45, 2.75) is 12.1 Å². The molecule has 31 heavy (non-hydrogen) atoms. The van der Waals surface area contributed by atoms with Gasteiger partial charge in [0.2, 0.25) is 12.3 Å². The molecule has 0 aliphatic carbocycles. The Morgan fingerprint density at radius 2 is 1.71 bits per heavy atom. The second-order valence-electron chi connectivity index (χ2n) is 7.10. The minimum absolute atomic E-state index is 0.271. The third-order valence-corrected chi connectivity index (χ3v) is 5.08. The standard InChI is InChI=1S/C24H20FN3O3/c1-31-20-13-9-17(10-14-20)22-21(26-23(29)18-7-11-19(25)12-8-18)24(30)27-28(22)15-16-5-3-2-4-6-16/h2-15,21-22H,1H3,(H-,26,27,29,30)/p+1/b28-15-/t21-,22+/m1/s1. The molecule has 1 heterocycles. The van der Waals surface area contributed by atoms with E-state index in [1.165, 1.54) is 24.3 Å². The summed E-state index contributed by atoms with van der Waals surface area (Å²) in [5.74, 6) is -0.551. The Bertz CT molecular complexity index is 1110. The smallest absolute Gasteiger partial charge is 0.304 e. The lowest BCUT2D eigenvalue weighted by atomic mass is 9.99. The topological polar surface area (TPSA) is 70.4 Å². The highest BCUT2D eigenvalue weighted by atomic mass is 19.1. The van der Waals surface area contributed by atoms with Crippen molar-refractivity contribution in [2.75, 3.05) is 7.11 Å². The van der Waals surface area contributed by atoms with Gasteiger partial charge in [0.05, 0.1) is 7.11 Å². The van der Waals surface area contributed by atoms with Gasteiger partial charge in [0.1, 0.15) is 11.6 Å². The minimum atomic E-state index is -0.856. The molecule has 6 nitrogen and oxygen atoms in total. The summed E-state index contributed by atoms with van der Waals surface area (Å²) in [6, 6.07) is 20.7. The highest BCUT2D eigenvalue weighted by Crippen LogP contribution is 2.27.